The quantitative estimate of drug-likeness (QED) is 0.806. The van der Waals surface area contributed by atoms with Gasteiger partial charge in [0.05, 0.1) is 17.4 Å². The molecule has 3 nitrogen and oxygen atoms in total. The second kappa shape index (κ2) is 6.03. The molecule has 0 fully saturated rings. The van der Waals surface area contributed by atoms with Crippen molar-refractivity contribution in [2.45, 2.75) is 10.3 Å². The van der Waals surface area contributed by atoms with Gasteiger partial charge in [-0.2, -0.15) is 0 Å². The van der Waals surface area contributed by atoms with Gasteiger partial charge in [0, 0.05) is 17.9 Å². The maximum Gasteiger partial charge on any atom is 0.175 e. The minimum Gasteiger partial charge on any atom is -0.497 e. The van der Waals surface area contributed by atoms with Gasteiger partial charge in [-0.15, -0.1) is 11.6 Å². The predicted octanol–water partition coefficient (Wildman–Crippen LogP) is 3.57. The van der Waals surface area contributed by atoms with Crippen molar-refractivity contribution in [3.8, 4) is 5.75 Å². The lowest BCUT2D eigenvalue weighted by Gasteiger charge is -2.12. The minimum atomic E-state index is -3.26. The SMILES string of the molecule is COc1ccc(C(Cl)c2ccc(S(C)(=O)=O)cc2)c(F)c1. The molecule has 0 saturated carbocycles. The molecule has 0 N–H and O–H groups in total. The second-order valence-corrected chi connectivity index (χ2v) is 7.04. The Hall–Kier alpha value is -1.59. The van der Waals surface area contributed by atoms with Gasteiger partial charge in [0.15, 0.2) is 9.84 Å². The molecule has 0 amide bonds. The fourth-order valence-electron chi connectivity index (χ4n) is 1.90. The minimum absolute atomic E-state index is 0.199. The zero-order valence-corrected chi connectivity index (χ0v) is 13.1. The molecule has 2 aromatic rings. The standard InChI is InChI=1S/C15H14ClFO3S/c1-20-11-5-8-13(14(17)9-11)15(16)10-3-6-12(7-4-10)21(2,18)19/h3-9,15H,1-2H3. The summed E-state index contributed by atoms with van der Waals surface area (Å²) in [4.78, 5) is 0.199. The summed E-state index contributed by atoms with van der Waals surface area (Å²) in [6, 6.07) is 10.5. The first-order valence-corrected chi connectivity index (χ1v) is 8.43. The molecule has 1 unspecified atom stereocenters. The number of ether oxygens (including phenoxy) is 1. The first-order valence-electron chi connectivity index (χ1n) is 6.10. The third-order valence-electron chi connectivity index (χ3n) is 3.08. The number of alkyl halides is 1. The van der Waals surface area contributed by atoms with Gasteiger partial charge in [0.1, 0.15) is 11.6 Å². The number of halogens is 2. The Morgan fingerprint density at radius 2 is 1.76 bits per heavy atom. The van der Waals surface area contributed by atoms with Gasteiger partial charge < -0.3 is 4.74 Å². The van der Waals surface area contributed by atoms with Crippen molar-refractivity contribution in [1.29, 1.82) is 0 Å². The van der Waals surface area contributed by atoms with Gasteiger partial charge in [-0.25, -0.2) is 12.8 Å². The van der Waals surface area contributed by atoms with E-state index in [0.717, 1.165) is 6.26 Å². The highest BCUT2D eigenvalue weighted by molar-refractivity contribution is 7.90. The number of methoxy groups -OCH3 is 1. The van der Waals surface area contributed by atoms with Crippen molar-refractivity contribution in [1.82, 2.24) is 0 Å². The Labute approximate surface area is 128 Å². The van der Waals surface area contributed by atoms with Gasteiger partial charge in [0.25, 0.3) is 0 Å². The van der Waals surface area contributed by atoms with E-state index in [-0.39, 0.29) is 4.90 Å². The Bertz CT molecular complexity index is 742. The van der Waals surface area contributed by atoms with E-state index in [0.29, 0.717) is 16.9 Å². The maximum atomic E-state index is 14.0. The van der Waals surface area contributed by atoms with Crippen molar-refractivity contribution in [2.24, 2.45) is 0 Å². The molecule has 0 bridgehead atoms. The molecule has 0 aromatic heterocycles. The van der Waals surface area contributed by atoms with Crippen LogP contribution in [-0.2, 0) is 9.84 Å². The Morgan fingerprint density at radius 3 is 2.24 bits per heavy atom. The second-order valence-electron chi connectivity index (χ2n) is 4.59. The number of sulfone groups is 1. The van der Waals surface area contributed by atoms with E-state index in [4.69, 9.17) is 16.3 Å². The molecule has 2 aromatic carbocycles. The predicted molar refractivity (Wildman–Crippen MR) is 80.2 cm³/mol. The molecular formula is C15H14ClFO3S. The zero-order chi connectivity index (χ0) is 15.6. The number of rotatable bonds is 4. The lowest BCUT2D eigenvalue weighted by atomic mass is 10.0. The van der Waals surface area contributed by atoms with Gasteiger partial charge in [-0.05, 0) is 23.8 Å². The average molecular weight is 329 g/mol. The molecule has 6 heteroatoms. The molecular weight excluding hydrogens is 315 g/mol. The van der Waals surface area contributed by atoms with Gasteiger partial charge in [-0.1, -0.05) is 18.2 Å². The highest BCUT2D eigenvalue weighted by Gasteiger charge is 2.17. The smallest absolute Gasteiger partial charge is 0.175 e. The number of hydrogen-bond acceptors (Lipinski definition) is 3. The van der Waals surface area contributed by atoms with E-state index in [1.165, 1.54) is 25.3 Å². The van der Waals surface area contributed by atoms with Crippen molar-refractivity contribution >= 4 is 21.4 Å². The Kier molecular flexibility index (Phi) is 4.54. The Balaban J connectivity index is 2.34. The highest BCUT2D eigenvalue weighted by Crippen LogP contribution is 2.32. The van der Waals surface area contributed by atoms with Crippen LogP contribution in [0.3, 0.4) is 0 Å². The summed E-state index contributed by atoms with van der Waals surface area (Å²) in [6.07, 6.45) is 1.13. The van der Waals surface area contributed by atoms with Gasteiger partial charge in [0.2, 0.25) is 0 Å². The van der Waals surface area contributed by atoms with Crippen LogP contribution in [0.4, 0.5) is 4.39 Å². The summed E-state index contributed by atoms with van der Waals surface area (Å²) in [7, 11) is -1.81. The number of benzene rings is 2. The van der Waals surface area contributed by atoms with Gasteiger partial charge in [-0.3, -0.25) is 0 Å². The number of hydrogen-bond donors (Lipinski definition) is 0. The van der Waals surface area contributed by atoms with Crippen LogP contribution in [0.5, 0.6) is 5.75 Å². The van der Waals surface area contributed by atoms with E-state index in [1.807, 2.05) is 0 Å². The van der Waals surface area contributed by atoms with Crippen LogP contribution in [0, 0.1) is 5.82 Å². The van der Waals surface area contributed by atoms with Crippen LogP contribution in [0.1, 0.15) is 16.5 Å². The maximum absolute atomic E-state index is 14.0. The van der Waals surface area contributed by atoms with E-state index in [9.17, 15) is 12.8 Å². The summed E-state index contributed by atoms with van der Waals surface area (Å²) < 4.78 is 41.7. The fraction of sp³-hybridized carbons (Fsp3) is 0.200. The molecule has 0 spiro atoms. The molecule has 0 heterocycles. The van der Waals surface area contributed by atoms with Crippen molar-refractivity contribution in [3.05, 3.63) is 59.4 Å². The monoisotopic (exact) mass is 328 g/mol. The summed E-state index contributed by atoms with van der Waals surface area (Å²) in [5, 5.41) is -0.704. The van der Waals surface area contributed by atoms with E-state index in [1.54, 1.807) is 24.3 Å². The summed E-state index contributed by atoms with van der Waals surface area (Å²) in [5.41, 5.74) is 0.928. The van der Waals surface area contributed by atoms with E-state index in [2.05, 4.69) is 0 Å². The molecule has 1 atom stereocenters. The van der Waals surface area contributed by atoms with Crippen LogP contribution < -0.4 is 4.74 Å². The van der Waals surface area contributed by atoms with Crippen molar-refractivity contribution in [3.63, 3.8) is 0 Å². The first-order chi connectivity index (χ1) is 9.82. The molecule has 0 aliphatic carbocycles. The highest BCUT2D eigenvalue weighted by atomic mass is 35.5. The van der Waals surface area contributed by atoms with Crippen LogP contribution in [0.25, 0.3) is 0 Å². The summed E-state index contributed by atoms with van der Waals surface area (Å²) in [6.45, 7) is 0. The molecule has 0 aliphatic rings. The molecule has 112 valence electrons. The van der Waals surface area contributed by atoms with Crippen LogP contribution >= 0.6 is 11.6 Å². The summed E-state index contributed by atoms with van der Waals surface area (Å²) >= 11 is 6.27. The van der Waals surface area contributed by atoms with E-state index < -0.39 is 21.0 Å². The molecule has 2 rings (SSSR count). The zero-order valence-electron chi connectivity index (χ0n) is 11.5. The summed E-state index contributed by atoms with van der Waals surface area (Å²) in [5.74, 6) is -0.0610. The van der Waals surface area contributed by atoms with Crippen LogP contribution in [0.2, 0.25) is 0 Å². The average Bonchev–Trinajstić information content (AvgIpc) is 2.45. The fourth-order valence-corrected chi connectivity index (χ4v) is 2.86. The lowest BCUT2D eigenvalue weighted by Crippen LogP contribution is -2.00. The molecule has 0 saturated heterocycles. The van der Waals surface area contributed by atoms with Crippen molar-refractivity contribution < 1.29 is 17.5 Å². The van der Waals surface area contributed by atoms with Crippen LogP contribution in [0.15, 0.2) is 47.4 Å². The third-order valence-corrected chi connectivity index (χ3v) is 4.70. The van der Waals surface area contributed by atoms with Crippen molar-refractivity contribution in [2.75, 3.05) is 13.4 Å². The van der Waals surface area contributed by atoms with E-state index >= 15 is 0 Å². The molecule has 0 radical (unpaired) electrons. The topological polar surface area (TPSA) is 43.4 Å². The van der Waals surface area contributed by atoms with Crippen LogP contribution in [-0.4, -0.2) is 21.8 Å². The molecule has 0 aliphatic heterocycles. The normalized spacial score (nSPS) is 13.0. The Morgan fingerprint density at radius 1 is 1.14 bits per heavy atom. The lowest BCUT2D eigenvalue weighted by molar-refractivity contribution is 0.410. The molecule has 21 heavy (non-hydrogen) atoms. The van der Waals surface area contributed by atoms with Gasteiger partial charge >= 0.3 is 0 Å². The third kappa shape index (κ3) is 3.54. The first kappa shape index (κ1) is 15.8. The largest absolute Gasteiger partial charge is 0.497 e.